The molecule has 1 unspecified atom stereocenters. The maximum absolute atomic E-state index is 12.6. The number of rotatable bonds is 5. The highest BCUT2D eigenvalue weighted by atomic mass is 16.2. The second-order valence-corrected chi connectivity index (χ2v) is 6.05. The van der Waals surface area contributed by atoms with Crippen molar-refractivity contribution in [2.45, 2.75) is 31.8 Å². The molecule has 1 aromatic heterocycles. The van der Waals surface area contributed by atoms with Crippen molar-refractivity contribution >= 4 is 11.8 Å². The number of hydrogen-bond donors (Lipinski definition) is 1. The highest BCUT2D eigenvalue weighted by molar-refractivity contribution is 5.88. The molecule has 24 heavy (non-hydrogen) atoms. The predicted molar refractivity (Wildman–Crippen MR) is 91.0 cm³/mol. The van der Waals surface area contributed by atoms with Gasteiger partial charge < -0.3 is 10.2 Å². The lowest BCUT2D eigenvalue weighted by atomic mass is 10.0. The molecule has 2 amide bonds. The van der Waals surface area contributed by atoms with Crippen LogP contribution in [0, 0.1) is 0 Å². The molecule has 2 heterocycles. The molecule has 1 fully saturated rings. The van der Waals surface area contributed by atoms with E-state index in [1.807, 2.05) is 41.3 Å². The van der Waals surface area contributed by atoms with Crippen molar-refractivity contribution in [1.82, 2.24) is 15.2 Å². The van der Waals surface area contributed by atoms with Crippen LogP contribution in [0.15, 0.2) is 54.9 Å². The summed E-state index contributed by atoms with van der Waals surface area (Å²) in [6.07, 6.45) is 5.19. The minimum absolute atomic E-state index is 0.00430. The lowest BCUT2D eigenvalue weighted by molar-refractivity contribution is -0.139. The number of piperidine rings is 1. The number of carbonyl (C=O) groups is 2. The van der Waals surface area contributed by atoms with Crippen molar-refractivity contribution in [3.63, 3.8) is 0 Å². The quantitative estimate of drug-likeness (QED) is 0.914. The normalized spacial score (nSPS) is 17.6. The van der Waals surface area contributed by atoms with Crippen LogP contribution >= 0.6 is 0 Å². The summed E-state index contributed by atoms with van der Waals surface area (Å²) in [7, 11) is 0. The summed E-state index contributed by atoms with van der Waals surface area (Å²) in [5.41, 5.74) is 1.95. The number of hydrogen-bond acceptors (Lipinski definition) is 3. The van der Waals surface area contributed by atoms with E-state index in [1.54, 1.807) is 18.5 Å². The molecule has 0 radical (unpaired) electrons. The monoisotopic (exact) mass is 323 g/mol. The van der Waals surface area contributed by atoms with Gasteiger partial charge in [-0.05, 0) is 30.0 Å². The summed E-state index contributed by atoms with van der Waals surface area (Å²) in [4.78, 5) is 30.6. The third kappa shape index (κ3) is 4.19. The first-order valence-electron chi connectivity index (χ1n) is 8.23. The van der Waals surface area contributed by atoms with Gasteiger partial charge in [-0.25, -0.2) is 0 Å². The Morgan fingerprint density at radius 2 is 1.96 bits per heavy atom. The summed E-state index contributed by atoms with van der Waals surface area (Å²) >= 11 is 0. The largest absolute Gasteiger partial charge is 0.344 e. The molecule has 1 N–H and O–H groups in total. The molecule has 1 aromatic carbocycles. The molecule has 0 aliphatic carbocycles. The Kier molecular flexibility index (Phi) is 5.21. The van der Waals surface area contributed by atoms with Gasteiger partial charge in [-0.1, -0.05) is 36.4 Å². The van der Waals surface area contributed by atoms with Gasteiger partial charge in [0.05, 0.1) is 6.42 Å². The topological polar surface area (TPSA) is 62.3 Å². The zero-order valence-corrected chi connectivity index (χ0v) is 13.5. The number of amides is 2. The molecular weight excluding hydrogens is 302 g/mol. The fourth-order valence-electron chi connectivity index (χ4n) is 2.97. The Bertz CT molecular complexity index is 688. The fraction of sp³-hybridized carbons (Fsp3) is 0.316. The molecule has 5 heteroatoms. The zero-order valence-electron chi connectivity index (χ0n) is 13.5. The fourth-order valence-corrected chi connectivity index (χ4v) is 2.97. The summed E-state index contributed by atoms with van der Waals surface area (Å²) in [5, 5.41) is 2.87. The van der Waals surface area contributed by atoms with Crippen LogP contribution in [-0.4, -0.2) is 34.3 Å². The van der Waals surface area contributed by atoms with Gasteiger partial charge >= 0.3 is 0 Å². The van der Waals surface area contributed by atoms with Crippen molar-refractivity contribution in [2.75, 3.05) is 6.54 Å². The van der Waals surface area contributed by atoms with E-state index in [-0.39, 0.29) is 18.2 Å². The van der Waals surface area contributed by atoms with Gasteiger partial charge in [0, 0.05) is 25.5 Å². The molecule has 2 aromatic rings. The summed E-state index contributed by atoms with van der Waals surface area (Å²) in [5.74, 6) is -0.132. The van der Waals surface area contributed by atoms with Crippen LogP contribution < -0.4 is 5.32 Å². The van der Waals surface area contributed by atoms with E-state index in [1.165, 1.54) is 0 Å². The van der Waals surface area contributed by atoms with Gasteiger partial charge in [-0.2, -0.15) is 0 Å². The zero-order chi connectivity index (χ0) is 16.8. The number of pyridine rings is 1. The first-order valence-corrected chi connectivity index (χ1v) is 8.23. The van der Waals surface area contributed by atoms with Crippen LogP contribution in [0.2, 0.25) is 0 Å². The molecule has 3 rings (SSSR count). The number of benzene rings is 1. The van der Waals surface area contributed by atoms with Crippen LogP contribution in [0.25, 0.3) is 0 Å². The highest BCUT2D eigenvalue weighted by Gasteiger charge is 2.29. The van der Waals surface area contributed by atoms with E-state index in [4.69, 9.17) is 0 Å². The van der Waals surface area contributed by atoms with E-state index >= 15 is 0 Å². The molecule has 0 saturated carbocycles. The lowest BCUT2D eigenvalue weighted by Gasteiger charge is -2.32. The van der Waals surface area contributed by atoms with Crippen molar-refractivity contribution < 1.29 is 9.59 Å². The molecule has 1 saturated heterocycles. The summed E-state index contributed by atoms with van der Waals surface area (Å²) < 4.78 is 0. The number of aromatic nitrogens is 1. The Morgan fingerprint density at radius 1 is 1.17 bits per heavy atom. The van der Waals surface area contributed by atoms with E-state index < -0.39 is 6.04 Å². The average Bonchev–Trinajstić information content (AvgIpc) is 2.60. The maximum atomic E-state index is 12.6. The standard InChI is InChI=1S/C19H21N3O2/c23-18(12-16-8-4-10-20-13-16)21-17-9-5-11-22(19(17)24)14-15-6-2-1-3-7-15/h1-4,6-8,10,13,17H,5,9,11-12,14H2,(H,21,23). The highest BCUT2D eigenvalue weighted by Crippen LogP contribution is 2.15. The molecule has 0 bridgehead atoms. The van der Waals surface area contributed by atoms with Gasteiger partial charge in [0.25, 0.3) is 0 Å². The Hall–Kier alpha value is -2.69. The average molecular weight is 323 g/mol. The van der Waals surface area contributed by atoms with E-state index in [9.17, 15) is 9.59 Å². The van der Waals surface area contributed by atoms with Gasteiger partial charge in [0.2, 0.25) is 11.8 Å². The van der Waals surface area contributed by atoms with Gasteiger partial charge in [-0.15, -0.1) is 0 Å². The first kappa shape index (κ1) is 16.2. The van der Waals surface area contributed by atoms with Crippen molar-refractivity contribution in [3.8, 4) is 0 Å². The van der Waals surface area contributed by atoms with Crippen LogP contribution in [0.5, 0.6) is 0 Å². The molecule has 0 spiro atoms. The van der Waals surface area contributed by atoms with E-state index in [0.717, 1.165) is 24.1 Å². The molecule has 1 aliphatic rings. The third-order valence-electron chi connectivity index (χ3n) is 4.17. The van der Waals surface area contributed by atoms with E-state index in [0.29, 0.717) is 13.0 Å². The predicted octanol–water partition coefficient (Wildman–Crippen LogP) is 1.93. The SMILES string of the molecule is O=C(Cc1cccnc1)NC1CCCN(Cc2ccccc2)C1=O. The molecule has 1 aliphatic heterocycles. The van der Waals surface area contributed by atoms with Crippen LogP contribution in [0.4, 0.5) is 0 Å². The first-order chi connectivity index (χ1) is 11.7. The number of carbonyl (C=O) groups excluding carboxylic acids is 2. The lowest BCUT2D eigenvalue weighted by Crippen LogP contribution is -2.52. The number of likely N-dealkylation sites (tertiary alicyclic amines) is 1. The second-order valence-electron chi connectivity index (χ2n) is 6.05. The Morgan fingerprint density at radius 3 is 2.71 bits per heavy atom. The van der Waals surface area contributed by atoms with Crippen LogP contribution in [-0.2, 0) is 22.6 Å². The van der Waals surface area contributed by atoms with Gasteiger partial charge in [-0.3, -0.25) is 14.6 Å². The molecular formula is C19H21N3O2. The molecule has 5 nitrogen and oxygen atoms in total. The van der Waals surface area contributed by atoms with Gasteiger partial charge in [0.1, 0.15) is 6.04 Å². The van der Waals surface area contributed by atoms with E-state index in [2.05, 4.69) is 10.3 Å². The minimum atomic E-state index is -0.424. The molecule has 1 atom stereocenters. The second kappa shape index (κ2) is 7.73. The molecule has 124 valence electrons. The van der Waals surface area contributed by atoms with Crippen LogP contribution in [0.3, 0.4) is 0 Å². The summed E-state index contributed by atoms with van der Waals surface area (Å²) in [6, 6.07) is 13.2. The Labute approximate surface area is 141 Å². The van der Waals surface area contributed by atoms with Gasteiger partial charge in [0.15, 0.2) is 0 Å². The van der Waals surface area contributed by atoms with Crippen molar-refractivity contribution in [3.05, 3.63) is 66.0 Å². The minimum Gasteiger partial charge on any atom is -0.344 e. The maximum Gasteiger partial charge on any atom is 0.245 e. The van der Waals surface area contributed by atoms with Crippen LogP contribution in [0.1, 0.15) is 24.0 Å². The third-order valence-corrected chi connectivity index (χ3v) is 4.17. The smallest absolute Gasteiger partial charge is 0.245 e. The van der Waals surface area contributed by atoms with Crippen molar-refractivity contribution in [1.29, 1.82) is 0 Å². The summed E-state index contributed by atoms with van der Waals surface area (Å²) in [6.45, 7) is 1.33. The van der Waals surface area contributed by atoms with Crippen molar-refractivity contribution in [2.24, 2.45) is 0 Å². The Balaban J connectivity index is 1.57. The number of nitrogens with one attached hydrogen (secondary N) is 1. The number of nitrogens with zero attached hydrogens (tertiary/aromatic N) is 2.